The van der Waals surface area contributed by atoms with Crippen LogP contribution in [0.5, 0.6) is 17.2 Å². The largest absolute Gasteiger partial charge is 0.490 e. The first kappa shape index (κ1) is 24.3. The summed E-state index contributed by atoms with van der Waals surface area (Å²) in [5, 5.41) is 2.18. The van der Waals surface area contributed by atoms with E-state index in [2.05, 4.69) is 5.32 Å². The van der Waals surface area contributed by atoms with Gasteiger partial charge in [-0.1, -0.05) is 19.1 Å². The molecule has 3 rings (SSSR count). The van der Waals surface area contributed by atoms with Crippen LogP contribution in [0.4, 0.5) is 10.5 Å². The van der Waals surface area contributed by atoms with Gasteiger partial charge in [-0.3, -0.25) is 19.7 Å². The number of barbiturate groups is 1. The average Bonchev–Trinajstić information content (AvgIpc) is 2.80. The Morgan fingerprint density at radius 1 is 1.03 bits per heavy atom. The number of nitrogens with zero attached hydrogens (tertiary/aromatic N) is 1. The molecule has 1 saturated heterocycles. The number of rotatable bonds is 10. The average molecular weight is 467 g/mol. The van der Waals surface area contributed by atoms with Gasteiger partial charge in [0.1, 0.15) is 11.3 Å². The minimum Gasteiger partial charge on any atom is -0.490 e. The lowest BCUT2D eigenvalue weighted by molar-refractivity contribution is -0.123. The first-order valence-electron chi connectivity index (χ1n) is 10.7. The highest BCUT2D eigenvalue weighted by Gasteiger charge is 2.37. The maximum Gasteiger partial charge on any atom is 0.335 e. The van der Waals surface area contributed by atoms with Gasteiger partial charge in [0, 0.05) is 6.07 Å². The molecule has 10 heteroatoms. The molecule has 5 amide bonds. The fourth-order valence-electron chi connectivity index (χ4n) is 3.14. The summed E-state index contributed by atoms with van der Waals surface area (Å²) in [5.74, 6) is -1.09. The number of benzene rings is 2. The zero-order valence-electron chi connectivity index (χ0n) is 18.8. The maximum absolute atomic E-state index is 13.2. The van der Waals surface area contributed by atoms with Crippen LogP contribution in [0.1, 0.15) is 25.8 Å². The number of carbonyl (C=O) groups excluding carboxylic acids is 4. The number of ether oxygens (including phenoxy) is 3. The van der Waals surface area contributed by atoms with Crippen LogP contribution in [0.3, 0.4) is 0 Å². The molecule has 10 nitrogen and oxygen atoms in total. The Bertz CT molecular complexity index is 1140. The molecule has 1 aliphatic rings. The summed E-state index contributed by atoms with van der Waals surface area (Å²) in [6, 6.07) is 10.2. The number of imide groups is 2. The molecular weight excluding hydrogens is 442 g/mol. The summed E-state index contributed by atoms with van der Waals surface area (Å²) in [6.07, 6.45) is 2.13. The normalized spacial score (nSPS) is 14.7. The van der Waals surface area contributed by atoms with Crippen LogP contribution in [0.15, 0.2) is 48.0 Å². The third-order valence-electron chi connectivity index (χ3n) is 4.60. The van der Waals surface area contributed by atoms with Gasteiger partial charge in [0.05, 0.1) is 18.9 Å². The molecule has 0 atom stereocenters. The van der Waals surface area contributed by atoms with E-state index < -0.39 is 23.8 Å². The van der Waals surface area contributed by atoms with Gasteiger partial charge < -0.3 is 19.9 Å². The highest BCUT2D eigenvalue weighted by molar-refractivity contribution is 6.39. The van der Waals surface area contributed by atoms with Crippen LogP contribution < -0.4 is 30.2 Å². The minimum absolute atomic E-state index is 0.215. The molecule has 0 unspecified atom stereocenters. The van der Waals surface area contributed by atoms with E-state index in [1.165, 1.54) is 24.3 Å². The number of nitrogens with one attached hydrogen (secondary N) is 1. The van der Waals surface area contributed by atoms with Crippen LogP contribution in [-0.4, -0.2) is 43.6 Å². The standard InChI is InChI=1S/C24H25N3O7/c1-3-10-33-19-9-8-16(13-20(19)32-4-2)27-23(30)18(22(29)26-24(27)31)12-15-6-5-7-17(11-15)34-14-21(25)28/h5-9,11-13H,3-4,10,14H2,1-2H3,(H2,25,28)(H,26,29,31)/b18-12-. The van der Waals surface area contributed by atoms with Crippen molar-refractivity contribution < 1.29 is 33.4 Å². The number of hydrogen-bond acceptors (Lipinski definition) is 7. The van der Waals surface area contributed by atoms with Crippen molar-refractivity contribution in [3.63, 3.8) is 0 Å². The van der Waals surface area contributed by atoms with Crippen molar-refractivity contribution in [3.05, 3.63) is 53.6 Å². The first-order chi connectivity index (χ1) is 16.3. The van der Waals surface area contributed by atoms with Gasteiger partial charge in [-0.05, 0) is 49.2 Å². The molecule has 178 valence electrons. The fourth-order valence-corrected chi connectivity index (χ4v) is 3.14. The summed E-state index contributed by atoms with van der Waals surface area (Å²) < 4.78 is 16.5. The van der Waals surface area contributed by atoms with Crippen molar-refractivity contribution in [1.82, 2.24) is 5.32 Å². The molecule has 1 heterocycles. The van der Waals surface area contributed by atoms with E-state index in [1.54, 1.807) is 31.2 Å². The van der Waals surface area contributed by atoms with Crippen molar-refractivity contribution in [2.75, 3.05) is 24.7 Å². The summed E-state index contributed by atoms with van der Waals surface area (Å²) in [7, 11) is 0. The molecule has 34 heavy (non-hydrogen) atoms. The van der Waals surface area contributed by atoms with Crippen molar-refractivity contribution in [2.45, 2.75) is 20.3 Å². The van der Waals surface area contributed by atoms with Crippen LogP contribution in [-0.2, 0) is 14.4 Å². The lowest BCUT2D eigenvalue weighted by Crippen LogP contribution is -2.54. The van der Waals surface area contributed by atoms with E-state index in [1.807, 2.05) is 6.92 Å². The van der Waals surface area contributed by atoms with Gasteiger partial charge in [0.2, 0.25) is 0 Å². The third-order valence-corrected chi connectivity index (χ3v) is 4.60. The van der Waals surface area contributed by atoms with E-state index >= 15 is 0 Å². The van der Waals surface area contributed by atoms with Crippen molar-refractivity contribution in [2.24, 2.45) is 5.73 Å². The van der Waals surface area contributed by atoms with Gasteiger partial charge in [-0.15, -0.1) is 0 Å². The smallest absolute Gasteiger partial charge is 0.335 e. The quantitative estimate of drug-likeness (QED) is 0.404. The number of amides is 5. The topological polar surface area (TPSA) is 137 Å². The molecule has 1 fully saturated rings. The van der Waals surface area contributed by atoms with Crippen molar-refractivity contribution >= 4 is 35.5 Å². The van der Waals surface area contributed by atoms with Crippen LogP contribution in [0.2, 0.25) is 0 Å². The van der Waals surface area contributed by atoms with Crippen LogP contribution >= 0.6 is 0 Å². The SMILES string of the molecule is CCCOc1ccc(N2C(=O)NC(=O)/C(=C/c3cccc(OCC(N)=O)c3)C2=O)cc1OCC. The second kappa shape index (κ2) is 11.0. The highest BCUT2D eigenvalue weighted by Crippen LogP contribution is 2.34. The Morgan fingerprint density at radius 3 is 2.53 bits per heavy atom. The predicted octanol–water partition coefficient (Wildman–Crippen LogP) is 2.40. The third kappa shape index (κ3) is 5.71. The maximum atomic E-state index is 13.2. The number of urea groups is 1. The predicted molar refractivity (Wildman–Crippen MR) is 124 cm³/mol. The van der Waals surface area contributed by atoms with E-state index in [4.69, 9.17) is 19.9 Å². The van der Waals surface area contributed by atoms with Gasteiger partial charge >= 0.3 is 6.03 Å². The second-order valence-corrected chi connectivity index (χ2v) is 7.20. The zero-order valence-corrected chi connectivity index (χ0v) is 18.8. The summed E-state index contributed by atoms with van der Waals surface area (Å²) in [6.45, 7) is 4.28. The Labute approximate surface area is 196 Å². The zero-order chi connectivity index (χ0) is 24.7. The Balaban J connectivity index is 1.93. The molecule has 0 saturated carbocycles. The molecule has 0 aliphatic carbocycles. The Morgan fingerprint density at radius 2 is 1.82 bits per heavy atom. The Hall–Kier alpha value is -4.34. The molecule has 1 aliphatic heterocycles. The van der Waals surface area contributed by atoms with Gasteiger partial charge in [0.25, 0.3) is 17.7 Å². The second-order valence-electron chi connectivity index (χ2n) is 7.20. The molecular formula is C24H25N3O7. The van der Waals surface area contributed by atoms with Gasteiger partial charge in [-0.2, -0.15) is 0 Å². The Kier molecular flexibility index (Phi) is 7.86. The molecule has 0 bridgehead atoms. The molecule has 0 radical (unpaired) electrons. The lowest BCUT2D eigenvalue weighted by Gasteiger charge is -2.27. The summed E-state index contributed by atoms with van der Waals surface area (Å²) in [4.78, 5) is 50.0. The lowest BCUT2D eigenvalue weighted by atomic mass is 10.1. The molecule has 0 aromatic heterocycles. The number of hydrogen-bond donors (Lipinski definition) is 2. The summed E-state index contributed by atoms with van der Waals surface area (Å²) in [5.41, 5.74) is 5.50. The molecule has 0 spiro atoms. The molecule has 2 aromatic rings. The van der Waals surface area contributed by atoms with Crippen LogP contribution in [0.25, 0.3) is 6.08 Å². The number of carbonyl (C=O) groups is 4. The van der Waals surface area contributed by atoms with Crippen LogP contribution in [0, 0.1) is 0 Å². The highest BCUT2D eigenvalue weighted by atomic mass is 16.5. The van der Waals surface area contributed by atoms with Crippen molar-refractivity contribution in [3.8, 4) is 17.2 Å². The van der Waals surface area contributed by atoms with E-state index in [0.29, 0.717) is 36.0 Å². The number of primary amides is 1. The first-order valence-corrected chi connectivity index (χ1v) is 10.7. The fraction of sp³-hybridized carbons (Fsp3) is 0.250. The van der Waals surface area contributed by atoms with E-state index in [-0.39, 0.29) is 17.9 Å². The van der Waals surface area contributed by atoms with Crippen molar-refractivity contribution in [1.29, 1.82) is 0 Å². The van der Waals surface area contributed by atoms with E-state index in [9.17, 15) is 19.2 Å². The van der Waals surface area contributed by atoms with Gasteiger partial charge in [-0.25, -0.2) is 9.69 Å². The summed E-state index contributed by atoms with van der Waals surface area (Å²) >= 11 is 0. The molecule has 2 aromatic carbocycles. The molecule has 3 N–H and O–H groups in total. The minimum atomic E-state index is -0.879. The number of nitrogens with two attached hydrogens (primary N) is 1. The number of anilines is 1. The van der Waals surface area contributed by atoms with E-state index in [0.717, 1.165) is 11.3 Å². The van der Waals surface area contributed by atoms with Gasteiger partial charge in [0.15, 0.2) is 18.1 Å². The monoisotopic (exact) mass is 467 g/mol.